The van der Waals surface area contributed by atoms with Crippen molar-refractivity contribution in [2.24, 2.45) is 0 Å². The minimum Gasteiger partial charge on any atom is -0.480 e. The number of hydrogen-bond donors (Lipinski definition) is 2. The largest absolute Gasteiger partial charge is 0.480 e. The summed E-state index contributed by atoms with van der Waals surface area (Å²) in [6.07, 6.45) is 1.20. The Morgan fingerprint density at radius 3 is 1.73 bits per heavy atom. The first-order valence-corrected chi connectivity index (χ1v) is 4.20. The minimum absolute atomic E-state index is 0.611. The molecule has 0 bridgehead atoms. The molecule has 0 aliphatic heterocycles. The van der Waals surface area contributed by atoms with Gasteiger partial charge in [-0.15, -0.1) is 0 Å². The molecule has 84 valence electrons. The zero-order valence-electron chi connectivity index (χ0n) is 8.56. The molecule has 0 aromatic carbocycles. The van der Waals surface area contributed by atoms with E-state index in [4.69, 9.17) is 10.2 Å². The molecule has 0 atom stereocenters. The zero-order chi connectivity index (χ0) is 12.0. The molecule has 0 heterocycles. The van der Waals surface area contributed by atoms with E-state index in [1.807, 2.05) is 0 Å². The standard InChI is InChI=1S/C9H13NO5/c1-6(2)3-7(11)10(4-8(12)13)5-9(14)15/h3H,4-5H2,1-2H3,(H,12,13)(H,14,15). The monoisotopic (exact) mass is 215 g/mol. The molecule has 0 aromatic rings. The molecule has 0 rings (SSSR count). The van der Waals surface area contributed by atoms with E-state index in [0.717, 1.165) is 4.90 Å². The summed E-state index contributed by atoms with van der Waals surface area (Å²) in [5.41, 5.74) is 0.681. The number of hydrogen-bond acceptors (Lipinski definition) is 3. The van der Waals surface area contributed by atoms with Crippen LogP contribution in [0.25, 0.3) is 0 Å². The fourth-order valence-electron chi connectivity index (χ4n) is 0.877. The van der Waals surface area contributed by atoms with Gasteiger partial charge in [0.1, 0.15) is 13.1 Å². The Balaban J connectivity index is 4.61. The fraction of sp³-hybridized carbons (Fsp3) is 0.444. The second-order valence-corrected chi connectivity index (χ2v) is 3.20. The van der Waals surface area contributed by atoms with Gasteiger partial charge in [0.2, 0.25) is 5.91 Å². The van der Waals surface area contributed by atoms with Gasteiger partial charge < -0.3 is 15.1 Å². The lowest BCUT2D eigenvalue weighted by Crippen LogP contribution is -2.38. The molecule has 0 unspecified atom stereocenters. The summed E-state index contributed by atoms with van der Waals surface area (Å²) in [6, 6.07) is 0. The summed E-state index contributed by atoms with van der Waals surface area (Å²) in [5.74, 6) is -3.10. The zero-order valence-corrected chi connectivity index (χ0v) is 8.56. The highest BCUT2D eigenvalue weighted by atomic mass is 16.4. The van der Waals surface area contributed by atoms with Gasteiger partial charge in [0.05, 0.1) is 0 Å². The molecule has 6 nitrogen and oxygen atoms in total. The van der Waals surface area contributed by atoms with Crippen LogP contribution in [0.15, 0.2) is 11.6 Å². The van der Waals surface area contributed by atoms with Crippen LogP contribution in [0, 0.1) is 0 Å². The predicted octanol–water partition coefficient (Wildman–Crippen LogP) is -0.0496. The van der Waals surface area contributed by atoms with Gasteiger partial charge in [-0.1, -0.05) is 5.57 Å². The highest BCUT2D eigenvalue weighted by Gasteiger charge is 2.17. The smallest absolute Gasteiger partial charge is 0.323 e. The normalized spacial score (nSPS) is 9.20. The number of allylic oxidation sites excluding steroid dienone is 1. The molecule has 0 aliphatic rings. The number of rotatable bonds is 5. The van der Waals surface area contributed by atoms with E-state index in [1.165, 1.54) is 6.08 Å². The number of nitrogens with zero attached hydrogens (tertiary/aromatic N) is 1. The van der Waals surface area contributed by atoms with Gasteiger partial charge in [0.15, 0.2) is 0 Å². The molecule has 0 spiro atoms. The first-order chi connectivity index (χ1) is 6.82. The molecule has 0 saturated carbocycles. The second-order valence-electron chi connectivity index (χ2n) is 3.20. The van der Waals surface area contributed by atoms with Crippen molar-refractivity contribution in [3.8, 4) is 0 Å². The van der Waals surface area contributed by atoms with Crippen LogP contribution in [0.4, 0.5) is 0 Å². The van der Waals surface area contributed by atoms with Gasteiger partial charge in [-0.3, -0.25) is 14.4 Å². The molecule has 0 fully saturated rings. The van der Waals surface area contributed by atoms with Gasteiger partial charge in [-0.05, 0) is 13.8 Å². The van der Waals surface area contributed by atoms with Crippen molar-refractivity contribution >= 4 is 17.8 Å². The molecule has 0 aliphatic carbocycles. The maximum absolute atomic E-state index is 11.3. The van der Waals surface area contributed by atoms with E-state index < -0.39 is 30.9 Å². The van der Waals surface area contributed by atoms with E-state index in [2.05, 4.69) is 0 Å². The van der Waals surface area contributed by atoms with Crippen LogP contribution in [0.1, 0.15) is 13.8 Å². The van der Waals surface area contributed by atoms with Crippen molar-refractivity contribution in [1.29, 1.82) is 0 Å². The Morgan fingerprint density at radius 1 is 1.07 bits per heavy atom. The van der Waals surface area contributed by atoms with Crippen molar-refractivity contribution in [2.75, 3.05) is 13.1 Å². The summed E-state index contributed by atoms with van der Waals surface area (Å²) in [4.78, 5) is 32.8. The number of amides is 1. The quantitative estimate of drug-likeness (QED) is 0.627. The highest BCUT2D eigenvalue weighted by Crippen LogP contribution is 1.96. The summed E-state index contributed by atoms with van der Waals surface area (Å²) < 4.78 is 0. The molecule has 0 saturated heterocycles. The van der Waals surface area contributed by atoms with E-state index in [9.17, 15) is 14.4 Å². The van der Waals surface area contributed by atoms with Gasteiger partial charge in [-0.2, -0.15) is 0 Å². The Bertz CT molecular complexity index is 288. The topological polar surface area (TPSA) is 94.9 Å². The van der Waals surface area contributed by atoms with E-state index >= 15 is 0 Å². The molecule has 0 aromatic heterocycles. The Morgan fingerprint density at radius 2 is 1.47 bits per heavy atom. The minimum atomic E-state index is -1.24. The van der Waals surface area contributed by atoms with Crippen LogP contribution >= 0.6 is 0 Å². The molecule has 0 radical (unpaired) electrons. The van der Waals surface area contributed by atoms with Crippen molar-refractivity contribution in [3.05, 3.63) is 11.6 Å². The van der Waals surface area contributed by atoms with Gasteiger partial charge in [0.25, 0.3) is 0 Å². The lowest BCUT2D eigenvalue weighted by Gasteiger charge is -2.16. The molecule has 1 amide bonds. The van der Waals surface area contributed by atoms with Crippen LogP contribution in [0.2, 0.25) is 0 Å². The van der Waals surface area contributed by atoms with Crippen LogP contribution in [-0.2, 0) is 14.4 Å². The second kappa shape index (κ2) is 5.79. The lowest BCUT2D eigenvalue weighted by atomic mass is 10.3. The molecular weight excluding hydrogens is 202 g/mol. The van der Waals surface area contributed by atoms with E-state index in [1.54, 1.807) is 13.8 Å². The van der Waals surface area contributed by atoms with Crippen molar-refractivity contribution in [2.45, 2.75) is 13.8 Å². The predicted molar refractivity (Wildman–Crippen MR) is 51.3 cm³/mol. The Labute approximate surface area is 86.8 Å². The van der Waals surface area contributed by atoms with E-state index in [0.29, 0.717) is 5.57 Å². The van der Waals surface area contributed by atoms with Gasteiger partial charge >= 0.3 is 11.9 Å². The third kappa shape index (κ3) is 6.25. The first-order valence-electron chi connectivity index (χ1n) is 4.20. The van der Waals surface area contributed by atoms with Crippen molar-refractivity contribution in [1.82, 2.24) is 4.90 Å². The lowest BCUT2D eigenvalue weighted by molar-refractivity contribution is -0.147. The fourth-order valence-corrected chi connectivity index (χ4v) is 0.877. The molecule has 2 N–H and O–H groups in total. The maximum Gasteiger partial charge on any atom is 0.323 e. The SMILES string of the molecule is CC(C)=CC(=O)N(CC(=O)O)CC(=O)O. The van der Waals surface area contributed by atoms with Crippen molar-refractivity contribution < 1.29 is 24.6 Å². The van der Waals surface area contributed by atoms with Crippen LogP contribution in [0.3, 0.4) is 0 Å². The number of carboxylic acid groups (broad SMARTS) is 2. The van der Waals surface area contributed by atoms with Gasteiger partial charge in [-0.25, -0.2) is 0 Å². The van der Waals surface area contributed by atoms with Crippen LogP contribution in [0.5, 0.6) is 0 Å². The molecule has 15 heavy (non-hydrogen) atoms. The Kier molecular flexibility index (Phi) is 5.08. The summed E-state index contributed by atoms with van der Waals surface area (Å²) >= 11 is 0. The van der Waals surface area contributed by atoms with Crippen LogP contribution in [-0.4, -0.2) is 46.0 Å². The van der Waals surface area contributed by atoms with Gasteiger partial charge in [0, 0.05) is 6.08 Å². The third-order valence-corrected chi connectivity index (χ3v) is 1.38. The summed E-state index contributed by atoms with van der Waals surface area (Å²) in [5, 5.41) is 16.9. The average Bonchev–Trinajstić information content (AvgIpc) is 1.99. The summed E-state index contributed by atoms with van der Waals surface area (Å²) in [6.45, 7) is 2.10. The van der Waals surface area contributed by atoms with Crippen molar-refractivity contribution in [3.63, 3.8) is 0 Å². The number of carbonyl (C=O) groups is 3. The third-order valence-electron chi connectivity index (χ3n) is 1.38. The average molecular weight is 215 g/mol. The highest BCUT2D eigenvalue weighted by molar-refractivity contribution is 5.92. The number of carboxylic acids is 2. The first kappa shape index (κ1) is 13.2. The molecule has 6 heteroatoms. The number of aliphatic carboxylic acids is 2. The van der Waals surface area contributed by atoms with E-state index in [-0.39, 0.29) is 0 Å². The summed E-state index contributed by atoms with van der Waals surface area (Å²) in [7, 11) is 0. The van der Waals surface area contributed by atoms with Crippen LogP contribution < -0.4 is 0 Å². The molecular formula is C9H13NO5. The Hall–Kier alpha value is -1.85. The number of carbonyl (C=O) groups excluding carboxylic acids is 1. The maximum atomic E-state index is 11.3.